The van der Waals surface area contributed by atoms with Gasteiger partial charge in [-0.2, -0.15) is 0 Å². The van der Waals surface area contributed by atoms with Crippen LogP contribution in [0.5, 0.6) is 0 Å². The maximum atomic E-state index is 13.8. The minimum absolute atomic E-state index is 0.0491. The molecule has 0 aromatic heterocycles. The maximum absolute atomic E-state index is 13.8. The Morgan fingerprint density at radius 2 is 1.23 bits per heavy atom. The molecule has 0 heterocycles. The van der Waals surface area contributed by atoms with Crippen molar-refractivity contribution in [3.63, 3.8) is 0 Å². The number of amides is 3. The number of nitrogens with zero attached hydrogens (tertiary/aromatic N) is 1. The number of nitrogens with one attached hydrogen (secondary N) is 2. The van der Waals surface area contributed by atoms with Crippen molar-refractivity contribution in [2.24, 2.45) is 46.3 Å². The molecule has 3 amide bonds. The lowest BCUT2D eigenvalue weighted by Gasteiger charge is -2.62. The summed E-state index contributed by atoms with van der Waals surface area (Å²) in [4.78, 5) is 40.3. The molecule has 18 atom stereocenters. The van der Waals surface area contributed by atoms with Crippen molar-refractivity contribution in [2.75, 3.05) is 39.4 Å². The molecule has 4 rings (SSSR count). The van der Waals surface area contributed by atoms with Crippen LogP contribution in [0.25, 0.3) is 0 Å². The summed E-state index contributed by atoms with van der Waals surface area (Å²) in [7, 11) is 0. The fourth-order valence-corrected chi connectivity index (χ4v) is 11.8. The zero-order chi connectivity index (χ0) is 44.7. The molecule has 0 aliphatic heterocycles. The first-order chi connectivity index (χ1) is 28.2. The predicted molar refractivity (Wildman–Crippen MR) is 215 cm³/mol. The van der Waals surface area contributed by atoms with Gasteiger partial charge >= 0.3 is 0 Å². The van der Waals surface area contributed by atoms with Crippen LogP contribution in [-0.2, 0) is 14.4 Å². The number of carbonyl (C=O) groups is 3. The lowest BCUT2D eigenvalue weighted by Crippen LogP contribution is -2.58. The Kier molecular flexibility index (Phi) is 18.6. The molecule has 4 aliphatic carbocycles. The Labute approximate surface area is 353 Å². The number of fused-ring (bicyclic) bond motifs is 5. The molecule has 0 spiro atoms. The molecular weight excluding hydrogens is 786 g/mol. The average molecular weight is 862 g/mol. The SMILES string of the molecule is C[C@H](CCC(=O)N(CCCNC(=O)[C@H](O)[C@@H](O)[C@H](O)[C@H](O)CO)CCCNC(=O)[C@H](O)[C@@H](O)[C@H](O)[C@H](O)CO)[C@H]1CC[C@@H]2[C@H]3CC[C@@H]4C[C@H](O)CC[C@]4(C)[C@H]3C[C@H](O)[C@@]21C. The van der Waals surface area contributed by atoms with E-state index < -0.39 is 80.0 Å². The fraction of sp³-hybridized carbons (Fsp3) is 0.929. The number of hydrogen-bond donors (Lipinski definition) is 14. The van der Waals surface area contributed by atoms with Gasteiger partial charge in [-0.1, -0.05) is 20.8 Å². The number of aliphatic hydroxyl groups excluding tert-OH is 12. The molecule has 4 saturated carbocycles. The Hall–Kier alpha value is -2.07. The summed E-state index contributed by atoms with van der Waals surface area (Å²) in [5, 5.41) is 124. The van der Waals surface area contributed by atoms with Crippen molar-refractivity contribution in [1.29, 1.82) is 0 Å². The number of rotatable bonds is 22. The molecule has 0 unspecified atom stereocenters. The largest absolute Gasteiger partial charge is 0.394 e. The molecule has 60 heavy (non-hydrogen) atoms. The average Bonchev–Trinajstić information content (AvgIpc) is 3.61. The molecule has 4 aliphatic rings. The zero-order valence-corrected chi connectivity index (χ0v) is 35.5. The number of aliphatic hydroxyl groups is 12. The highest BCUT2D eigenvalue weighted by Gasteiger charge is 2.63. The summed E-state index contributed by atoms with van der Waals surface area (Å²) >= 11 is 0. The van der Waals surface area contributed by atoms with Crippen molar-refractivity contribution in [1.82, 2.24) is 15.5 Å². The van der Waals surface area contributed by atoms with E-state index in [0.29, 0.717) is 30.1 Å². The van der Waals surface area contributed by atoms with Gasteiger partial charge in [-0.05, 0) is 117 Å². The van der Waals surface area contributed by atoms with E-state index in [1.165, 1.54) is 0 Å². The number of hydrogen-bond acceptors (Lipinski definition) is 15. The fourth-order valence-electron chi connectivity index (χ4n) is 11.8. The van der Waals surface area contributed by atoms with Crippen molar-refractivity contribution in [3.05, 3.63) is 0 Å². The predicted octanol–water partition coefficient (Wildman–Crippen LogP) is -2.89. The van der Waals surface area contributed by atoms with E-state index in [2.05, 4.69) is 31.4 Å². The topological polar surface area (TPSA) is 321 Å². The first-order valence-corrected chi connectivity index (χ1v) is 22.1. The van der Waals surface area contributed by atoms with Gasteiger partial charge < -0.3 is 76.8 Å². The molecule has 0 saturated heterocycles. The first-order valence-electron chi connectivity index (χ1n) is 22.1. The van der Waals surface area contributed by atoms with E-state index in [9.17, 15) is 65.4 Å². The highest BCUT2D eigenvalue weighted by atomic mass is 16.4. The molecule has 18 nitrogen and oxygen atoms in total. The summed E-state index contributed by atoms with van der Waals surface area (Å²) in [5.74, 6) is -0.145. The number of carbonyl (C=O) groups excluding carboxylic acids is 3. The van der Waals surface area contributed by atoms with Gasteiger partial charge in [0.15, 0.2) is 12.2 Å². The molecular formula is C42H75N3O15. The van der Waals surface area contributed by atoms with Gasteiger partial charge in [0.05, 0.1) is 25.4 Å². The van der Waals surface area contributed by atoms with Crippen LogP contribution in [0.2, 0.25) is 0 Å². The van der Waals surface area contributed by atoms with Crippen LogP contribution in [0.4, 0.5) is 0 Å². The van der Waals surface area contributed by atoms with Crippen LogP contribution in [-0.4, -0.2) is 184 Å². The monoisotopic (exact) mass is 862 g/mol. The third kappa shape index (κ3) is 11.2. The Bertz CT molecular complexity index is 1350. The second-order valence-electron chi connectivity index (χ2n) is 18.9. The van der Waals surface area contributed by atoms with E-state index in [1.807, 2.05) is 0 Å². The lowest BCUT2D eigenvalue weighted by molar-refractivity contribution is -0.175. The van der Waals surface area contributed by atoms with Gasteiger partial charge in [0.1, 0.15) is 36.6 Å². The van der Waals surface area contributed by atoms with E-state index in [-0.39, 0.29) is 80.1 Å². The third-order valence-electron chi connectivity index (χ3n) is 15.5. The van der Waals surface area contributed by atoms with E-state index in [1.54, 1.807) is 4.90 Å². The molecule has 18 heteroatoms. The van der Waals surface area contributed by atoms with Crippen LogP contribution >= 0.6 is 0 Å². The van der Waals surface area contributed by atoms with Crippen LogP contribution < -0.4 is 10.6 Å². The quantitative estimate of drug-likeness (QED) is 0.0486. The van der Waals surface area contributed by atoms with Crippen LogP contribution in [0.3, 0.4) is 0 Å². The van der Waals surface area contributed by atoms with E-state index in [4.69, 9.17) is 10.2 Å². The van der Waals surface area contributed by atoms with Crippen LogP contribution in [0.15, 0.2) is 0 Å². The summed E-state index contributed by atoms with van der Waals surface area (Å²) in [6, 6.07) is 0. The van der Waals surface area contributed by atoms with Crippen molar-refractivity contribution >= 4 is 17.7 Å². The summed E-state index contributed by atoms with van der Waals surface area (Å²) in [6.07, 6.45) is -7.85. The lowest BCUT2D eigenvalue weighted by atomic mass is 9.43. The molecule has 0 radical (unpaired) electrons. The van der Waals surface area contributed by atoms with Gasteiger partial charge in [0.2, 0.25) is 5.91 Å². The van der Waals surface area contributed by atoms with E-state index in [0.717, 1.165) is 51.4 Å². The second-order valence-corrected chi connectivity index (χ2v) is 18.9. The smallest absolute Gasteiger partial charge is 0.251 e. The minimum atomic E-state index is -2.11. The molecule has 4 fully saturated rings. The van der Waals surface area contributed by atoms with Gasteiger partial charge in [0.25, 0.3) is 11.8 Å². The normalized spacial score (nSPS) is 34.6. The van der Waals surface area contributed by atoms with Gasteiger partial charge in [-0.25, -0.2) is 0 Å². The standard InChI is InChI=1S/C42H75N3O15/c1-22(26-9-10-27-25-8-7-23-18-24(48)12-13-41(23,2)28(25)19-31(51)42(26,27)3)6-11-32(52)45(16-4-14-43-39(59)37(57)35(55)33(53)29(49)20-46)17-5-15-44-40(60)38(58)36(56)34(54)30(50)21-47/h22-31,33-38,46-51,53-58H,4-21H2,1-3H3,(H,43,59)(H,44,60)/t22-,23-,24-,25-,26-,27-,28+,29-,30-,31+,33-,34-,35+,36+,37-,38-,41+,42-/m1/s1. The molecule has 0 aromatic rings. The first kappa shape index (κ1) is 50.6. The van der Waals surface area contributed by atoms with Gasteiger partial charge in [0, 0.05) is 32.6 Å². The van der Waals surface area contributed by atoms with Crippen molar-refractivity contribution < 1.29 is 75.7 Å². The van der Waals surface area contributed by atoms with Crippen LogP contribution in [0.1, 0.15) is 97.8 Å². The second kappa shape index (κ2) is 22.0. The highest BCUT2D eigenvalue weighted by Crippen LogP contribution is 2.68. The van der Waals surface area contributed by atoms with Crippen molar-refractivity contribution in [2.45, 2.75) is 159 Å². The molecule has 348 valence electrons. The summed E-state index contributed by atoms with van der Waals surface area (Å²) in [6.45, 7) is 5.15. The molecule has 0 aromatic carbocycles. The minimum Gasteiger partial charge on any atom is -0.394 e. The Morgan fingerprint density at radius 1 is 0.700 bits per heavy atom. The Balaban J connectivity index is 1.35. The maximum Gasteiger partial charge on any atom is 0.251 e. The summed E-state index contributed by atoms with van der Waals surface area (Å²) in [5.41, 5.74) is -0.164. The molecule has 0 bridgehead atoms. The van der Waals surface area contributed by atoms with Gasteiger partial charge in [-0.15, -0.1) is 0 Å². The Morgan fingerprint density at radius 3 is 1.75 bits per heavy atom. The highest BCUT2D eigenvalue weighted by molar-refractivity contribution is 5.81. The zero-order valence-electron chi connectivity index (χ0n) is 35.5. The summed E-state index contributed by atoms with van der Waals surface area (Å²) < 4.78 is 0. The van der Waals surface area contributed by atoms with E-state index >= 15 is 0 Å². The van der Waals surface area contributed by atoms with Crippen LogP contribution in [0, 0.1) is 46.3 Å². The third-order valence-corrected chi connectivity index (χ3v) is 15.5. The molecule has 14 N–H and O–H groups in total. The van der Waals surface area contributed by atoms with Crippen molar-refractivity contribution in [3.8, 4) is 0 Å². The van der Waals surface area contributed by atoms with Gasteiger partial charge in [-0.3, -0.25) is 14.4 Å².